The first-order chi connectivity index (χ1) is 28.4. The Bertz CT molecular complexity index is 3520. The molecule has 276 valence electrons. The van der Waals surface area contributed by atoms with Crippen LogP contribution in [0.15, 0.2) is 164 Å². The fourth-order valence-corrected chi connectivity index (χ4v) is 8.97. The monoisotopic (exact) mass is 748 g/mol. The van der Waals surface area contributed by atoms with Crippen LogP contribution in [0.25, 0.3) is 88.3 Å². The van der Waals surface area contributed by atoms with E-state index in [1.807, 2.05) is 29.0 Å². The van der Waals surface area contributed by atoms with Gasteiger partial charge in [-0.1, -0.05) is 99.6 Å². The van der Waals surface area contributed by atoms with Gasteiger partial charge in [-0.25, -0.2) is 4.98 Å². The highest BCUT2D eigenvalue weighted by atomic mass is 16.5. The number of imidazole rings is 1. The molecule has 0 amide bonds. The van der Waals surface area contributed by atoms with Crippen molar-refractivity contribution in [2.75, 3.05) is 0 Å². The van der Waals surface area contributed by atoms with Crippen LogP contribution < -0.4 is 9.30 Å². The molecule has 0 N–H and O–H groups in total. The minimum atomic E-state index is -0.0104. The van der Waals surface area contributed by atoms with Gasteiger partial charge in [0.25, 0.3) is 6.33 Å². The van der Waals surface area contributed by atoms with E-state index in [9.17, 15) is 0 Å². The molecule has 6 aromatic heterocycles. The summed E-state index contributed by atoms with van der Waals surface area (Å²) < 4.78 is 15.5. The summed E-state index contributed by atoms with van der Waals surface area (Å²) in [7, 11) is 0. The van der Waals surface area contributed by atoms with Crippen LogP contribution in [0.5, 0.6) is 11.5 Å². The number of para-hydroxylation sites is 5. The Kier molecular flexibility index (Phi) is 6.76. The van der Waals surface area contributed by atoms with Crippen LogP contribution in [0.3, 0.4) is 0 Å². The first-order valence-electron chi connectivity index (χ1n) is 19.7. The summed E-state index contributed by atoms with van der Waals surface area (Å²) in [5.74, 6) is 2.99. The summed E-state index contributed by atoms with van der Waals surface area (Å²) in [5.41, 5.74) is 10.1. The van der Waals surface area contributed by atoms with Crippen LogP contribution in [0.4, 0.5) is 0 Å². The summed E-state index contributed by atoms with van der Waals surface area (Å²) in [4.78, 5) is 9.70. The molecule has 7 nitrogen and oxygen atoms in total. The van der Waals surface area contributed by atoms with Gasteiger partial charge in [-0.2, -0.15) is 0 Å². The summed E-state index contributed by atoms with van der Waals surface area (Å²) in [5, 5.41) is 7.23. The Labute approximate surface area is 333 Å². The fraction of sp³-hybridized carbons (Fsp3) is 0.0784. The van der Waals surface area contributed by atoms with Crippen LogP contribution in [-0.2, 0) is 5.41 Å². The highest BCUT2D eigenvalue weighted by Gasteiger charge is 2.22. The lowest BCUT2D eigenvalue weighted by Crippen LogP contribution is -2.29. The normalized spacial score (nSPS) is 12.4. The number of aromatic nitrogens is 6. The number of nitrogens with zero attached hydrogens (tertiary/aromatic N) is 6. The molecule has 0 aliphatic carbocycles. The number of pyridine rings is 2. The molecule has 0 aliphatic rings. The molecule has 0 saturated heterocycles. The van der Waals surface area contributed by atoms with Gasteiger partial charge in [0, 0.05) is 56.8 Å². The number of fused-ring (bicyclic) bond motifs is 10. The van der Waals surface area contributed by atoms with Gasteiger partial charge < -0.3 is 9.14 Å². The zero-order chi connectivity index (χ0) is 38.7. The number of rotatable bonds is 5. The number of hydrogen-bond donors (Lipinski definition) is 0. The molecule has 0 spiro atoms. The first kappa shape index (κ1) is 32.7. The van der Waals surface area contributed by atoms with E-state index in [4.69, 9.17) is 14.7 Å². The topological polar surface area (TPSA) is 53.2 Å². The highest BCUT2D eigenvalue weighted by molar-refractivity contribution is 6.23. The molecule has 7 heteroatoms. The smallest absolute Gasteiger partial charge is 0.271 e. The molecule has 0 aliphatic heterocycles. The van der Waals surface area contributed by atoms with Gasteiger partial charge >= 0.3 is 0 Å². The third-order valence-electron chi connectivity index (χ3n) is 11.7. The summed E-state index contributed by atoms with van der Waals surface area (Å²) in [6.45, 7) is 6.69. The maximum atomic E-state index is 6.66. The molecular weight excluding hydrogens is 713 g/mol. The molecule has 6 heterocycles. The molecule has 0 fully saturated rings. The average Bonchev–Trinajstić information content (AvgIpc) is 3.99. The Balaban J connectivity index is 0.973. The molecule has 12 aromatic rings. The van der Waals surface area contributed by atoms with Crippen molar-refractivity contribution in [2.24, 2.45) is 0 Å². The maximum absolute atomic E-state index is 6.66. The highest BCUT2D eigenvalue weighted by Crippen LogP contribution is 2.40. The van der Waals surface area contributed by atoms with E-state index < -0.39 is 0 Å². The van der Waals surface area contributed by atoms with Crippen molar-refractivity contribution in [2.45, 2.75) is 26.2 Å². The molecule has 0 saturated carbocycles. The van der Waals surface area contributed by atoms with Crippen molar-refractivity contribution >= 4 is 70.9 Å². The molecule has 58 heavy (non-hydrogen) atoms. The Morgan fingerprint density at radius 2 is 1.10 bits per heavy atom. The van der Waals surface area contributed by atoms with Gasteiger partial charge in [0.1, 0.15) is 17.3 Å². The van der Waals surface area contributed by atoms with Crippen molar-refractivity contribution in [1.29, 1.82) is 0 Å². The third kappa shape index (κ3) is 4.77. The van der Waals surface area contributed by atoms with Crippen molar-refractivity contribution in [1.82, 2.24) is 23.5 Å². The van der Waals surface area contributed by atoms with Crippen molar-refractivity contribution in [3.05, 3.63) is 176 Å². The van der Waals surface area contributed by atoms with Gasteiger partial charge in [0.2, 0.25) is 0 Å². The van der Waals surface area contributed by atoms with Gasteiger partial charge in [-0.3, -0.25) is 18.7 Å². The molecule has 12 rings (SSSR count). The van der Waals surface area contributed by atoms with Crippen LogP contribution in [-0.4, -0.2) is 23.5 Å². The van der Waals surface area contributed by atoms with Crippen LogP contribution in [0.1, 0.15) is 26.3 Å². The second-order valence-electron chi connectivity index (χ2n) is 16.2. The van der Waals surface area contributed by atoms with E-state index in [-0.39, 0.29) is 5.41 Å². The average molecular weight is 749 g/mol. The van der Waals surface area contributed by atoms with Crippen molar-refractivity contribution < 1.29 is 9.30 Å². The lowest BCUT2D eigenvalue weighted by Gasteiger charge is -2.20. The third-order valence-corrected chi connectivity index (χ3v) is 11.7. The number of benzene rings is 6. The Hall–Kier alpha value is -7.51. The molecule has 0 unspecified atom stereocenters. The fourth-order valence-electron chi connectivity index (χ4n) is 8.97. The minimum absolute atomic E-state index is 0.0104. The van der Waals surface area contributed by atoms with E-state index >= 15 is 0 Å². The minimum Gasteiger partial charge on any atom is -0.458 e. The lowest BCUT2D eigenvalue weighted by atomic mass is 9.88. The van der Waals surface area contributed by atoms with E-state index in [1.165, 1.54) is 49.0 Å². The zero-order valence-electron chi connectivity index (χ0n) is 32.2. The van der Waals surface area contributed by atoms with Crippen LogP contribution in [0, 0.1) is 6.33 Å². The van der Waals surface area contributed by atoms with Gasteiger partial charge in [0.15, 0.2) is 5.82 Å². The molecule has 6 aromatic carbocycles. The number of ether oxygens (including phenoxy) is 1. The van der Waals surface area contributed by atoms with E-state index in [0.29, 0.717) is 11.6 Å². The zero-order valence-corrected chi connectivity index (χ0v) is 32.2. The van der Waals surface area contributed by atoms with E-state index in [1.54, 1.807) is 6.20 Å². The van der Waals surface area contributed by atoms with Gasteiger partial charge in [0.05, 0.1) is 44.3 Å². The van der Waals surface area contributed by atoms with E-state index in [0.717, 1.165) is 44.7 Å². The number of hydrogen-bond acceptors (Lipinski definition) is 3. The predicted octanol–water partition coefficient (Wildman–Crippen LogP) is 11.8. The lowest BCUT2D eigenvalue weighted by molar-refractivity contribution is -0.572. The molecule has 0 radical (unpaired) electrons. The van der Waals surface area contributed by atoms with E-state index in [2.05, 4.69) is 174 Å². The van der Waals surface area contributed by atoms with Crippen LogP contribution in [0.2, 0.25) is 0 Å². The first-order valence-corrected chi connectivity index (χ1v) is 19.7. The molecule has 0 atom stereocenters. The van der Waals surface area contributed by atoms with Crippen molar-refractivity contribution in [3.8, 4) is 28.8 Å². The van der Waals surface area contributed by atoms with Crippen molar-refractivity contribution in [3.63, 3.8) is 0 Å². The standard InChI is InChI=1S/C51H36N6O/c1-51(2,3)32-22-24-53-49(26-32)56-42-15-7-4-12-36(42)39-21-20-34(29-47(39)56)58-35-23-25-52-48(30-35)55-31-54(45-18-10-11-19-46(45)55)33-27-40-37-13-5-8-16-43(37)57-44-17-9-6-14-38(44)41(28-33)50(40)57/h4-30H,1-3H3. The van der Waals surface area contributed by atoms with Crippen LogP contribution >= 0.6 is 0 Å². The predicted molar refractivity (Wildman–Crippen MR) is 233 cm³/mol. The largest absolute Gasteiger partial charge is 0.458 e. The summed E-state index contributed by atoms with van der Waals surface area (Å²) in [6.07, 6.45) is 7.40. The van der Waals surface area contributed by atoms with Gasteiger partial charge in [-0.05, 0) is 71.6 Å². The Morgan fingerprint density at radius 1 is 0.517 bits per heavy atom. The second kappa shape index (κ2) is 12.0. The van der Waals surface area contributed by atoms with Gasteiger partial charge in [-0.15, -0.1) is 0 Å². The molecule has 0 bridgehead atoms. The summed E-state index contributed by atoms with van der Waals surface area (Å²) >= 11 is 0. The second-order valence-corrected chi connectivity index (χ2v) is 16.2. The SMILES string of the molecule is CC(C)(C)c1ccnc(-n2c3ccccc3c3ccc(Oc4ccnc(-n5[c-][n+](-c6cc7c8ccccc8n8c9ccccc9c(c6)c78)c6ccccc65)c4)cc32)c1. The quantitative estimate of drug-likeness (QED) is 0.130. The maximum Gasteiger partial charge on any atom is 0.271 e. The molecular formula is C51H36N6O. The summed E-state index contributed by atoms with van der Waals surface area (Å²) in [6, 6.07) is 53.3. The Morgan fingerprint density at radius 3 is 1.83 bits per heavy atom.